The molecule has 0 radical (unpaired) electrons. The average molecular weight is 499 g/mol. The number of carbonyl (C=O) groups is 4. The minimum Gasteiger partial charge on any atom is -0.458 e. The van der Waals surface area contributed by atoms with Gasteiger partial charge in [-0.25, -0.2) is 4.79 Å². The van der Waals surface area contributed by atoms with Gasteiger partial charge in [-0.05, 0) is 71.7 Å². The molecule has 9 nitrogen and oxygen atoms in total. The van der Waals surface area contributed by atoms with Gasteiger partial charge in [0.2, 0.25) is 11.8 Å². The van der Waals surface area contributed by atoms with Gasteiger partial charge in [0, 0.05) is 12.8 Å². The number of Topliss-reactive ketones (excluding diaryl/α,β-unsaturated/α-hetero) is 1. The van der Waals surface area contributed by atoms with Crippen LogP contribution in [-0.4, -0.2) is 72.0 Å². The van der Waals surface area contributed by atoms with E-state index >= 15 is 0 Å². The summed E-state index contributed by atoms with van der Waals surface area (Å²) in [5.74, 6) is -1.73. The number of esters is 1. The molecule has 3 heterocycles. The van der Waals surface area contributed by atoms with Crippen molar-refractivity contribution in [3.63, 3.8) is 0 Å². The van der Waals surface area contributed by atoms with Crippen LogP contribution in [0.2, 0.25) is 0 Å². The van der Waals surface area contributed by atoms with Crippen LogP contribution < -0.4 is 10.6 Å². The van der Waals surface area contributed by atoms with Crippen LogP contribution in [0.15, 0.2) is 30.3 Å². The monoisotopic (exact) mass is 498 g/mol. The fourth-order valence-electron chi connectivity index (χ4n) is 4.79. The lowest BCUT2D eigenvalue weighted by Gasteiger charge is -2.47. The summed E-state index contributed by atoms with van der Waals surface area (Å²) < 4.78 is 5.47. The highest BCUT2D eigenvalue weighted by Crippen LogP contribution is 2.40. The molecule has 3 aliphatic rings. The number of ether oxygens (including phenoxy) is 1. The molecule has 4 rings (SSSR count). The molecule has 0 saturated carbocycles. The number of nitrogens with zero attached hydrogens (tertiary/aromatic N) is 1. The van der Waals surface area contributed by atoms with E-state index in [1.807, 2.05) is 30.3 Å². The largest absolute Gasteiger partial charge is 0.458 e. The van der Waals surface area contributed by atoms with Crippen LogP contribution in [0, 0.1) is 10.8 Å². The minimum absolute atomic E-state index is 0.000637. The van der Waals surface area contributed by atoms with Gasteiger partial charge in [-0.2, -0.15) is 0 Å². The van der Waals surface area contributed by atoms with Crippen LogP contribution in [0.1, 0.15) is 58.4 Å². The minimum atomic E-state index is -1.08. The van der Waals surface area contributed by atoms with Crippen molar-refractivity contribution in [1.29, 1.82) is 5.41 Å². The zero-order valence-corrected chi connectivity index (χ0v) is 21.5. The highest BCUT2D eigenvalue weighted by Gasteiger charge is 2.46. The van der Waals surface area contributed by atoms with Crippen molar-refractivity contribution in [2.45, 2.75) is 77.0 Å². The van der Waals surface area contributed by atoms with E-state index in [4.69, 9.17) is 10.1 Å². The van der Waals surface area contributed by atoms with Gasteiger partial charge in [0.05, 0.1) is 11.6 Å². The molecule has 196 valence electrons. The Morgan fingerprint density at radius 1 is 1.03 bits per heavy atom. The van der Waals surface area contributed by atoms with Gasteiger partial charge < -0.3 is 25.7 Å². The van der Waals surface area contributed by atoms with Crippen molar-refractivity contribution < 1.29 is 23.9 Å². The molecule has 36 heavy (non-hydrogen) atoms. The van der Waals surface area contributed by atoms with Crippen LogP contribution in [0.5, 0.6) is 0 Å². The predicted octanol–water partition coefficient (Wildman–Crippen LogP) is 2.03. The predicted molar refractivity (Wildman–Crippen MR) is 136 cm³/mol. The standard InChI is InChI=1S/C27H38N4O5/c1-26(2,3)36-24(34)21(10-9-20(32)18-28)29-23(33)22(17-19-7-5-4-6-8-19)30-25(35)27-11-14-31(15-12-27)16-13-27/h4-8,18,21-22,28H,9-17H2,1-3H3,(H,29,33)(H,30,35)/t21-,22-/m0/s1. The van der Waals surface area contributed by atoms with E-state index in [0.717, 1.165) is 44.5 Å². The molecule has 9 heteroatoms. The average Bonchev–Trinajstić information content (AvgIpc) is 2.86. The Bertz CT molecular complexity index is 950. The fourth-order valence-corrected chi connectivity index (χ4v) is 4.79. The molecule has 1 aromatic carbocycles. The van der Waals surface area contributed by atoms with Gasteiger partial charge >= 0.3 is 5.97 Å². The second-order valence-electron chi connectivity index (χ2n) is 10.8. The van der Waals surface area contributed by atoms with E-state index in [1.54, 1.807) is 20.8 Å². The summed E-state index contributed by atoms with van der Waals surface area (Å²) in [5.41, 5.74) is -0.370. The number of fused-ring (bicyclic) bond motifs is 3. The number of ketones is 1. The quantitative estimate of drug-likeness (QED) is 0.316. The van der Waals surface area contributed by atoms with Gasteiger partial charge in [-0.3, -0.25) is 14.4 Å². The molecular formula is C27H38N4O5. The first kappa shape index (κ1) is 27.5. The molecule has 3 aliphatic heterocycles. The molecule has 0 aliphatic carbocycles. The number of nitrogens with one attached hydrogen (secondary N) is 3. The summed E-state index contributed by atoms with van der Waals surface area (Å²) in [6.45, 7) is 7.80. The van der Waals surface area contributed by atoms with Crippen LogP contribution in [0.3, 0.4) is 0 Å². The first-order valence-electron chi connectivity index (χ1n) is 12.7. The van der Waals surface area contributed by atoms with Gasteiger partial charge in [-0.1, -0.05) is 30.3 Å². The van der Waals surface area contributed by atoms with Crippen molar-refractivity contribution in [2.24, 2.45) is 5.41 Å². The van der Waals surface area contributed by atoms with E-state index in [0.29, 0.717) is 6.21 Å². The Morgan fingerprint density at radius 3 is 2.19 bits per heavy atom. The van der Waals surface area contributed by atoms with Gasteiger partial charge in [0.15, 0.2) is 5.78 Å². The van der Waals surface area contributed by atoms with Crippen LogP contribution in [-0.2, 0) is 30.3 Å². The molecule has 3 fully saturated rings. The molecule has 2 atom stereocenters. The Hall–Kier alpha value is -3.07. The third kappa shape index (κ3) is 7.46. The third-order valence-corrected chi connectivity index (χ3v) is 6.95. The molecule has 1 aromatic rings. The molecule has 2 amide bonds. The van der Waals surface area contributed by atoms with E-state index in [9.17, 15) is 19.2 Å². The molecule has 2 bridgehead atoms. The maximum Gasteiger partial charge on any atom is 0.329 e. The smallest absolute Gasteiger partial charge is 0.329 e. The zero-order valence-electron chi connectivity index (χ0n) is 21.5. The SMILES string of the molecule is CC(C)(C)OC(=O)[C@H](CCC(=O)C=N)NC(=O)[C@H](Cc1ccccc1)NC(=O)C12CCN(CC1)CC2. The number of carbonyl (C=O) groups excluding carboxylic acids is 4. The van der Waals surface area contributed by atoms with Gasteiger partial charge in [0.1, 0.15) is 17.7 Å². The topological polar surface area (TPSA) is 129 Å². The zero-order chi connectivity index (χ0) is 26.3. The van der Waals surface area contributed by atoms with Crippen LogP contribution in [0.4, 0.5) is 0 Å². The number of benzene rings is 1. The normalized spacial score (nSPS) is 22.7. The first-order valence-corrected chi connectivity index (χ1v) is 12.7. The van der Waals surface area contributed by atoms with Crippen molar-refractivity contribution in [3.8, 4) is 0 Å². The molecule has 3 N–H and O–H groups in total. The Labute approximate surface area is 212 Å². The lowest BCUT2D eigenvalue weighted by atomic mass is 9.71. The van der Waals surface area contributed by atoms with E-state index in [1.165, 1.54) is 0 Å². The summed E-state index contributed by atoms with van der Waals surface area (Å²) in [6, 6.07) is 7.42. The molecule has 0 unspecified atom stereocenters. The van der Waals surface area contributed by atoms with Gasteiger partial charge in [-0.15, -0.1) is 0 Å². The van der Waals surface area contributed by atoms with E-state index < -0.39 is 40.8 Å². The summed E-state index contributed by atoms with van der Waals surface area (Å²) in [5, 5.41) is 12.8. The second kappa shape index (κ2) is 11.8. The Balaban J connectivity index is 1.78. The number of hydrogen-bond acceptors (Lipinski definition) is 7. The molecular weight excluding hydrogens is 460 g/mol. The van der Waals surface area contributed by atoms with Crippen molar-refractivity contribution in [1.82, 2.24) is 15.5 Å². The first-order chi connectivity index (χ1) is 17.0. The van der Waals surface area contributed by atoms with Crippen LogP contribution in [0.25, 0.3) is 0 Å². The molecule has 0 spiro atoms. The molecule has 3 saturated heterocycles. The summed E-state index contributed by atoms with van der Waals surface area (Å²) in [7, 11) is 0. The summed E-state index contributed by atoms with van der Waals surface area (Å²) in [4.78, 5) is 53.9. The number of hydrogen-bond donors (Lipinski definition) is 3. The summed E-state index contributed by atoms with van der Waals surface area (Å²) >= 11 is 0. The number of rotatable bonds is 11. The maximum atomic E-state index is 13.5. The second-order valence-corrected chi connectivity index (χ2v) is 10.8. The lowest BCUT2D eigenvalue weighted by Crippen LogP contribution is -2.59. The van der Waals surface area contributed by atoms with Crippen LogP contribution >= 0.6 is 0 Å². The van der Waals surface area contributed by atoms with Gasteiger partial charge in [0.25, 0.3) is 0 Å². The third-order valence-electron chi connectivity index (χ3n) is 6.95. The number of piperidine rings is 3. The highest BCUT2D eigenvalue weighted by atomic mass is 16.6. The van der Waals surface area contributed by atoms with Crippen molar-refractivity contribution >= 4 is 29.8 Å². The highest BCUT2D eigenvalue weighted by molar-refractivity contribution is 6.26. The van der Waals surface area contributed by atoms with Crippen molar-refractivity contribution in [3.05, 3.63) is 35.9 Å². The maximum absolute atomic E-state index is 13.5. The Kier molecular flexibility index (Phi) is 9.00. The van der Waals surface area contributed by atoms with E-state index in [-0.39, 0.29) is 25.2 Å². The van der Waals surface area contributed by atoms with Crippen molar-refractivity contribution in [2.75, 3.05) is 19.6 Å². The number of amides is 2. The molecule has 0 aromatic heterocycles. The Morgan fingerprint density at radius 2 is 1.64 bits per heavy atom. The lowest BCUT2D eigenvalue weighted by molar-refractivity contribution is -0.159. The fraction of sp³-hybridized carbons (Fsp3) is 0.593. The summed E-state index contributed by atoms with van der Waals surface area (Å²) in [6.07, 6.45) is 3.19. The van der Waals surface area contributed by atoms with E-state index in [2.05, 4.69) is 15.5 Å².